The van der Waals surface area contributed by atoms with Crippen molar-refractivity contribution in [3.63, 3.8) is 0 Å². The van der Waals surface area contributed by atoms with Gasteiger partial charge in [0.2, 0.25) is 0 Å². The fraction of sp³-hybridized carbons (Fsp3) is 0.462. The highest BCUT2D eigenvalue weighted by atomic mass is 19.4. The molecule has 6 nitrogen and oxygen atoms in total. The SMILES string of the molecule is O=C(O)[C@@]1(C(F)(F)F)CNC[C@@H]1Cc1ccccc1[N+](=O)[O-]. The third-order valence-electron chi connectivity index (χ3n) is 4.03. The Morgan fingerprint density at radius 2 is 2.09 bits per heavy atom. The normalized spacial score (nSPS) is 25.1. The van der Waals surface area contributed by atoms with Crippen LogP contribution in [-0.2, 0) is 11.2 Å². The van der Waals surface area contributed by atoms with E-state index in [0.29, 0.717) is 0 Å². The zero-order valence-electron chi connectivity index (χ0n) is 11.3. The summed E-state index contributed by atoms with van der Waals surface area (Å²) in [5, 5.41) is 22.5. The van der Waals surface area contributed by atoms with Gasteiger partial charge >= 0.3 is 12.1 Å². The summed E-state index contributed by atoms with van der Waals surface area (Å²) in [5.41, 5.74) is -3.15. The van der Waals surface area contributed by atoms with Gasteiger partial charge in [0.15, 0.2) is 5.41 Å². The zero-order valence-corrected chi connectivity index (χ0v) is 11.3. The number of aliphatic carboxylic acids is 1. The Bertz CT molecular complexity index is 605. The number of para-hydroxylation sites is 1. The minimum absolute atomic E-state index is 0.0936. The lowest BCUT2D eigenvalue weighted by Gasteiger charge is -2.32. The summed E-state index contributed by atoms with van der Waals surface area (Å²) in [4.78, 5) is 21.5. The molecular formula is C13H13F3N2O4. The predicted octanol–water partition coefficient (Wildman–Crippen LogP) is 1.99. The van der Waals surface area contributed by atoms with E-state index in [1.165, 1.54) is 24.3 Å². The van der Waals surface area contributed by atoms with Crippen molar-refractivity contribution in [1.82, 2.24) is 5.32 Å². The van der Waals surface area contributed by atoms with Gasteiger partial charge in [-0.05, 0) is 13.0 Å². The van der Waals surface area contributed by atoms with Crippen molar-refractivity contribution in [2.24, 2.45) is 11.3 Å². The molecule has 1 aliphatic rings. The Morgan fingerprint density at radius 3 is 2.64 bits per heavy atom. The number of carboxylic acid groups (broad SMARTS) is 1. The van der Waals surface area contributed by atoms with Crippen LogP contribution in [0.3, 0.4) is 0 Å². The first-order chi connectivity index (χ1) is 10.2. The van der Waals surface area contributed by atoms with E-state index in [2.05, 4.69) is 5.32 Å². The number of hydrogen-bond donors (Lipinski definition) is 2. The molecule has 2 N–H and O–H groups in total. The molecule has 2 atom stereocenters. The van der Waals surface area contributed by atoms with Gasteiger partial charge in [-0.2, -0.15) is 13.2 Å². The number of alkyl halides is 3. The Labute approximate surface area is 123 Å². The van der Waals surface area contributed by atoms with Gasteiger partial charge in [-0.1, -0.05) is 18.2 Å². The Kier molecular flexibility index (Phi) is 4.10. The highest BCUT2D eigenvalue weighted by Gasteiger charge is 2.66. The van der Waals surface area contributed by atoms with Crippen LogP contribution in [-0.4, -0.2) is 35.3 Å². The van der Waals surface area contributed by atoms with Crippen LogP contribution in [0.2, 0.25) is 0 Å². The fourth-order valence-corrected chi connectivity index (χ4v) is 2.84. The number of rotatable bonds is 4. The first-order valence-electron chi connectivity index (χ1n) is 6.43. The molecule has 1 aromatic carbocycles. The largest absolute Gasteiger partial charge is 0.481 e. The molecule has 1 aliphatic heterocycles. The molecular weight excluding hydrogens is 305 g/mol. The van der Waals surface area contributed by atoms with E-state index in [9.17, 15) is 28.1 Å². The number of nitrogens with zero attached hydrogens (tertiary/aromatic N) is 1. The number of nitrogens with one attached hydrogen (secondary N) is 1. The van der Waals surface area contributed by atoms with Crippen molar-refractivity contribution in [3.05, 3.63) is 39.9 Å². The lowest BCUT2D eigenvalue weighted by molar-refractivity contribution is -0.385. The second-order valence-electron chi connectivity index (χ2n) is 5.19. The maximum Gasteiger partial charge on any atom is 0.406 e. The van der Waals surface area contributed by atoms with Crippen molar-refractivity contribution in [2.45, 2.75) is 12.6 Å². The third-order valence-corrected chi connectivity index (χ3v) is 4.03. The van der Waals surface area contributed by atoms with Crippen LogP contribution in [0.1, 0.15) is 5.56 Å². The van der Waals surface area contributed by atoms with Crippen LogP contribution in [0.5, 0.6) is 0 Å². The first kappa shape index (κ1) is 16.2. The lowest BCUT2D eigenvalue weighted by atomic mass is 9.74. The molecule has 0 spiro atoms. The van der Waals surface area contributed by atoms with Crippen LogP contribution in [0.15, 0.2) is 24.3 Å². The van der Waals surface area contributed by atoms with E-state index < -0.39 is 34.9 Å². The summed E-state index contributed by atoms with van der Waals surface area (Å²) in [6.07, 6.45) is -5.29. The molecule has 1 heterocycles. The van der Waals surface area contributed by atoms with Gasteiger partial charge in [0.1, 0.15) is 0 Å². The highest BCUT2D eigenvalue weighted by Crippen LogP contribution is 2.48. The van der Waals surface area contributed by atoms with Crippen LogP contribution in [0.4, 0.5) is 18.9 Å². The Balaban J connectivity index is 2.40. The highest BCUT2D eigenvalue weighted by molar-refractivity contribution is 5.77. The summed E-state index contributed by atoms with van der Waals surface area (Å²) in [6, 6.07) is 5.41. The lowest BCUT2D eigenvalue weighted by Crippen LogP contribution is -2.51. The maximum atomic E-state index is 13.3. The predicted molar refractivity (Wildman–Crippen MR) is 69.3 cm³/mol. The molecule has 0 bridgehead atoms. The molecule has 1 saturated heterocycles. The number of carboxylic acids is 1. The average molecular weight is 318 g/mol. The number of nitro benzene ring substituents is 1. The van der Waals surface area contributed by atoms with Crippen LogP contribution in [0, 0.1) is 21.4 Å². The molecule has 0 radical (unpaired) electrons. The monoisotopic (exact) mass is 318 g/mol. The van der Waals surface area contributed by atoms with Gasteiger partial charge in [-0.15, -0.1) is 0 Å². The molecule has 0 saturated carbocycles. The Morgan fingerprint density at radius 1 is 1.45 bits per heavy atom. The second kappa shape index (κ2) is 5.56. The molecule has 0 amide bonds. The molecule has 1 aromatic rings. The van der Waals surface area contributed by atoms with E-state index in [1.807, 2.05) is 0 Å². The van der Waals surface area contributed by atoms with E-state index >= 15 is 0 Å². The molecule has 120 valence electrons. The van der Waals surface area contributed by atoms with E-state index in [-0.39, 0.29) is 24.2 Å². The number of halogens is 3. The zero-order chi connectivity index (χ0) is 16.5. The van der Waals surface area contributed by atoms with E-state index in [1.54, 1.807) is 0 Å². The van der Waals surface area contributed by atoms with Crippen LogP contribution >= 0.6 is 0 Å². The molecule has 0 aromatic heterocycles. The van der Waals surface area contributed by atoms with Crippen LogP contribution < -0.4 is 5.32 Å². The minimum Gasteiger partial charge on any atom is -0.481 e. The molecule has 22 heavy (non-hydrogen) atoms. The van der Waals surface area contributed by atoms with Gasteiger partial charge in [0.25, 0.3) is 5.69 Å². The van der Waals surface area contributed by atoms with Crippen LogP contribution in [0.25, 0.3) is 0 Å². The average Bonchev–Trinajstić information content (AvgIpc) is 2.83. The van der Waals surface area contributed by atoms with Crippen molar-refractivity contribution in [1.29, 1.82) is 0 Å². The first-order valence-corrected chi connectivity index (χ1v) is 6.43. The third kappa shape index (κ3) is 2.52. The van der Waals surface area contributed by atoms with Gasteiger partial charge in [0, 0.05) is 24.1 Å². The van der Waals surface area contributed by atoms with E-state index in [0.717, 1.165) is 0 Å². The topological polar surface area (TPSA) is 92.5 Å². The van der Waals surface area contributed by atoms with E-state index in [4.69, 9.17) is 5.11 Å². The smallest absolute Gasteiger partial charge is 0.406 e. The molecule has 1 fully saturated rings. The number of benzene rings is 1. The minimum atomic E-state index is -4.95. The van der Waals surface area contributed by atoms with Crippen molar-refractivity contribution >= 4 is 11.7 Å². The fourth-order valence-electron chi connectivity index (χ4n) is 2.84. The summed E-state index contributed by atoms with van der Waals surface area (Å²) in [5.74, 6) is -3.28. The standard InChI is InChI=1S/C13H13F3N2O4/c14-13(15,16)12(11(19)20)7-17-6-9(12)5-8-3-1-2-4-10(8)18(21)22/h1-4,9,17H,5-7H2,(H,19,20)/t9-,12+/m0/s1. The van der Waals surface area contributed by atoms with Crippen molar-refractivity contribution in [2.75, 3.05) is 13.1 Å². The molecule has 9 heteroatoms. The van der Waals surface area contributed by atoms with Crippen molar-refractivity contribution in [3.8, 4) is 0 Å². The summed E-state index contributed by atoms with van der Waals surface area (Å²) < 4.78 is 40.0. The summed E-state index contributed by atoms with van der Waals surface area (Å²) in [6.45, 7) is -0.908. The quantitative estimate of drug-likeness (QED) is 0.654. The molecule has 0 unspecified atom stereocenters. The summed E-state index contributed by atoms with van der Waals surface area (Å²) >= 11 is 0. The second-order valence-corrected chi connectivity index (χ2v) is 5.19. The van der Waals surface area contributed by atoms with Gasteiger partial charge in [-0.25, -0.2) is 0 Å². The van der Waals surface area contributed by atoms with Crippen molar-refractivity contribution < 1.29 is 28.0 Å². The number of carbonyl (C=O) groups is 1. The van der Waals surface area contributed by atoms with Gasteiger partial charge < -0.3 is 10.4 Å². The van der Waals surface area contributed by atoms with Gasteiger partial charge in [-0.3, -0.25) is 14.9 Å². The number of nitro groups is 1. The summed E-state index contributed by atoms with van der Waals surface area (Å²) in [7, 11) is 0. The Hall–Kier alpha value is -2.16. The number of hydrogen-bond acceptors (Lipinski definition) is 4. The molecule has 0 aliphatic carbocycles. The maximum absolute atomic E-state index is 13.3. The molecule has 2 rings (SSSR count). The van der Waals surface area contributed by atoms with Gasteiger partial charge in [0.05, 0.1) is 4.92 Å².